The smallest absolute Gasteiger partial charge is 0.412 e. The van der Waals surface area contributed by atoms with Gasteiger partial charge in [0.15, 0.2) is 0 Å². The third-order valence-corrected chi connectivity index (χ3v) is 10.8. The van der Waals surface area contributed by atoms with Crippen molar-refractivity contribution >= 4 is 0 Å². The number of likely N-dealkylation sites (N-methyl/N-ethyl adjacent to an activating group) is 10. The van der Waals surface area contributed by atoms with Gasteiger partial charge >= 0.3 is 68.3 Å². The standard InChI is InChI=1S/C18H40N6.2C9H21N3.C2H6O2.4Mn.5H2O/c1-19-5-6-20(2)10-14-23(13-9-19)17-18-24-15-11-21(3)7-8-22(4)12-16-24;2*1-10-4-6-11(2)8-9-12(3)7-5-10;1-2(3)4;;;;;;;;;/h5-18H2,1-4H3;2*4-9H2,1-3H3;2-4H,1H3;;;;;5*1H2/q;;;;4*+3;;;;;. The van der Waals surface area contributed by atoms with Gasteiger partial charge in [0.2, 0.25) is 0 Å². The van der Waals surface area contributed by atoms with E-state index in [9.17, 15) is 0 Å². The van der Waals surface area contributed by atoms with E-state index in [0.29, 0.717) is 0 Å². The first-order chi connectivity index (χ1) is 24.6. The van der Waals surface area contributed by atoms with Gasteiger partial charge in [-0.25, -0.2) is 0 Å². The Balaban J connectivity index is -0.0000000905. The fraction of sp³-hybridized carbons (Fsp3) is 1.00. The first kappa shape index (κ1) is 82.4. The van der Waals surface area contributed by atoms with E-state index in [0.717, 1.165) is 0 Å². The van der Waals surface area contributed by atoms with E-state index in [1.165, 1.54) is 177 Å². The summed E-state index contributed by atoms with van der Waals surface area (Å²) in [7, 11) is 22.2. The maximum atomic E-state index is 7.61. The summed E-state index contributed by atoms with van der Waals surface area (Å²) in [5.74, 6) is 0. The minimum absolute atomic E-state index is 0. The van der Waals surface area contributed by atoms with Crippen molar-refractivity contribution in [2.24, 2.45) is 0 Å². The summed E-state index contributed by atoms with van der Waals surface area (Å²) in [6, 6.07) is 0. The Morgan fingerprint density at radius 2 is 0.344 bits per heavy atom. The van der Waals surface area contributed by atoms with Crippen molar-refractivity contribution in [1.82, 2.24) is 58.8 Å². The van der Waals surface area contributed by atoms with Gasteiger partial charge in [-0.05, 0) is 77.4 Å². The van der Waals surface area contributed by atoms with Crippen LogP contribution in [0.2, 0.25) is 0 Å². The first-order valence-corrected chi connectivity index (χ1v) is 20.3. The largest absolute Gasteiger partial charge is 3.00 e. The number of aliphatic hydroxyl groups is 2. The molecule has 0 radical (unpaired) electrons. The Labute approximate surface area is 416 Å². The van der Waals surface area contributed by atoms with E-state index in [1.807, 2.05) is 0 Å². The fourth-order valence-corrected chi connectivity index (χ4v) is 6.05. The topological polar surface area (TPSA) is 237 Å². The Hall–Kier alpha value is 1.32. The maximum Gasteiger partial charge on any atom is 3.00 e. The Morgan fingerprint density at radius 3 is 0.443 bits per heavy atom. The van der Waals surface area contributed by atoms with E-state index >= 15 is 0 Å². The molecule has 4 aliphatic rings. The van der Waals surface area contributed by atoms with Crippen LogP contribution in [0, 0.1) is 0 Å². The van der Waals surface area contributed by atoms with Crippen LogP contribution >= 0.6 is 0 Å². The Morgan fingerprint density at radius 1 is 0.262 bits per heavy atom. The van der Waals surface area contributed by atoms with Crippen molar-refractivity contribution in [3.8, 4) is 0 Å². The zero-order chi connectivity index (χ0) is 38.9. The SMILES string of the molecule is CC(O)O.CN1CCN(C)CCN(C)CC1.CN1CCN(C)CCN(C)CC1.CN1CCN(C)CCN(CCN2CCN(C)CCN(C)CC2)CC1.O.O.O.O.O.[Mn+3].[Mn+3].[Mn+3].[Mn+3]. The van der Waals surface area contributed by atoms with Crippen LogP contribution in [0.4, 0.5) is 0 Å². The predicted octanol–water partition coefficient (Wildman–Crippen LogP) is -5.88. The van der Waals surface area contributed by atoms with E-state index in [2.05, 4.69) is 129 Å². The van der Waals surface area contributed by atoms with Crippen LogP contribution < -0.4 is 0 Å². The summed E-state index contributed by atoms with van der Waals surface area (Å²) in [5, 5.41) is 15.2. The van der Waals surface area contributed by atoms with Crippen molar-refractivity contribution in [1.29, 1.82) is 0 Å². The van der Waals surface area contributed by atoms with Crippen LogP contribution in [-0.4, -0.2) is 343 Å². The van der Waals surface area contributed by atoms with Crippen molar-refractivity contribution in [2.45, 2.75) is 13.2 Å². The van der Waals surface area contributed by atoms with Crippen molar-refractivity contribution in [2.75, 3.05) is 241 Å². The van der Waals surface area contributed by atoms with Crippen LogP contribution in [0.25, 0.3) is 0 Å². The van der Waals surface area contributed by atoms with Gasteiger partial charge in [-0.3, -0.25) is 9.80 Å². The molecule has 0 amide bonds. The predicted molar refractivity (Wildman–Crippen MR) is 240 cm³/mol. The molecule has 0 aliphatic carbocycles. The molecule has 0 aromatic carbocycles. The summed E-state index contributed by atoms with van der Waals surface area (Å²) >= 11 is 0. The maximum absolute atomic E-state index is 7.61. The van der Waals surface area contributed by atoms with Crippen molar-refractivity contribution in [3.63, 3.8) is 0 Å². The summed E-state index contributed by atoms with van der Waals surface area (Å²) in [5.41, 5.74) is 0. The summed E-state index contributed by atoms with van der Waals surface area (Å²) in [6.07, 6.45) is -1.17. The van der Waals surface area contributed by atoms with Gasteiger partial charge in [0.25, 0.3) is 0 Å². The molecule has 23 heteroatoms. The Kier molecular flexibility index (Phi) is 68.5. The number of hydrogen-bond donors (Lipinski definition) is 2. The van der Waals surface area contributed by atoms with Gasteiger partial charge in [-0.2, -0.15) is 0 Å². The van der Waals surface area contributed by atoms with E-state index in [1.54, 1.807) is 0 Å². The summed E-state index contributed by atoms with van der Waals surface area (Å²) in [4.78, 5) is 29.6. The molecule has 0 bridgehead atoms. The fourth-order valence-electron chi connectivity index (χ4n) is 6.05. The number of hydrogen-bond acceptors (Lipinski definition) is 14. The van der Waals surface area contributed by atoms with Crippen molar-refractivity contribution in [3.05, 3.63) is 0 Å². The van der Waals surface area contributed by atoms with Gasteiger partial charge in [0, 0.05) is 170 Å². The quantitative estimate of drug-likeness (QED) is 0.198. The monoisotopic (exact) mass is 1050 g/mol. The normalized spacial score (nSPS) is 21.5. The van der Waals surface area contributed by atoms with Gasteiger partial charge in [-0.1, -0.05) is 0 Å². The number of rotatable bonds is 3. The molecule has 4 saturated heterocycles. The summed E-state index contributed by atoms with van der Waals surface area (Å²) < 4.78 is 0. The number of aliphatic hydroxyl groups excluding tert-OH is 1. The molecule has 4 rings (SSSR count). The molecule has 19 nitrogen and oxygen atoms in total. The average Bonchev–Trinajstić information content (AvgIpc) is 3.31. The molecular formula is C38H98Mn4N12O7+12. The van der Waals surface area contributed by atoms with E-state index in [4.69, 9.17) is 10.2 Å². The minimum Gasteiger partial charge on any atom is -0.412 e. The molecule has 0 unspecified atom stereocenters. The third kappa shape index (κ3) is 49.1. The zero-order valence-electron chi connectivity index (χ0n) is 40.2. The first-order valence-electron chi connectivity index (χ1n) is 20.3. The third-order valence-electron chi connectivity index (χ3n) is 10.8. The second kappa shape index (κ2) is 50.7. The second-order valence-corrected chi connectivity index (χ2v) is 16.3. The molecule has 4 heterocycles. The molecule has 368 valence electrons. The molecular weight excluding hydrogens is 956 g/mol. The van der Waals surface area contributed by atoms with Crippen molar-refractivity contribution < 1.29 is 106 Å². The summed E-state index contributed by atoms with van der Waals surface area (Å²) in [6.45, 7) is 32.4. The molecule has 0 saturated carbocycles. The molecule has 0 atom stereocenters. The molecule has 0 aromatic heterocycles. The minimum atomic E-state index is -1.17. The second-order valence-electron chi connectivity index (χ2n) is 16.3. The van der Waals surface area contributed by atoms with Gasteiger partial charge in [0.05, 0.1) is 0 Å². The average molecular weight is 1060 g/mol. The number of nitrogens with zero attached hydrogens (tertiary/aromatic N) is 12. The molecule has 0 spiro atoms. The molecule has 12 N–H and O–H groups in total. The molecule has 61 heavy (non-hydrogen) atoms. The molecule has 4 fully saturated rings. The molecule has 4 aliphatic heterocycles. The van der Waals surface area contributed by atoms with Crippen LogP contribution in [-0.2, 0) is 68.3 Å². The van der Waals surface area contributed by atoms with Gasteiger partial charge in [0.1, 0.15) is 6.29 Å². The van der Waals surface area contributed by atoms with Crippen LogP contribution in [0.15, 0.2) is 0 Å². The van der Waals surface area contributed by atoms with Crippen LogP contribution in [0.5, 0.6) is 0 Å². The Bertz CT molecular complexity index is 708. The van der Waals surface area contributed by atoms with Gasteiger partial charge < -0.3 is 86.6 Å². The van der Waals surface area contributed by atoms with Gasteiger partial charge in [-0.15, -0.1) is 0 Å². The van der Waals surface area contributed by atoms with E-state index in [-0.39, 0.29) is 95.7 Å². The van der Waals surface area contributed by atoms with Crippen LogP contribution in [0.1, 0.15) is 6.92 Å². The molecule has 0 aromatic rings. The van der Waals surface area contributed by atoms with Crippen LogP contribution in [0.3, 0.4) is 0 Å². The zero-order valence-corrected chi connectivity index (χ0v) is 45.0. The van der Waals surface area contributed by atoms with E-state index < -0.39 is 6.29 Å².